The minimum absolute atomic E-state index is 0.841. The van der Waals surface area contributed by atoms with Crippen LogP contribution in [0.5, 0.6) is 0 Å². The van der Waals surface area contributed by atoms with E-state index in [4.69, 9.17) is 23.3 Å². The fraction of sp³-hybridized carbons (Fsp3) is 0.455. The maximum absolute atomic E-state index is 8.74. The zero-order valence-corrected chi connectivity index (χ0v) is 11.6. The van der Waals surface area contributed by atoms with Gasteiger partial charge in [-0.15, -0.1) is 0 Å². The Kier molecular flexibility index (Phi) is 6.67. The molecule has 1 aromatic rings. The van der Waals surface area contributed by atoms with E-state index in [-0.39, 0.29) is 0 Å². The van der Waals surface area contributed by atoms with E-state index in [1.165, 1.54) is 11.3 Å². The van der Waals surface area contributed by atoms with Crippen molar-refractivity contribution in [2.45, 2.75) is 20.8 Å². The van der Waals surface area contributed by atoms with Crippen molar-refractivity contribution in [3.63, 3.8) is 0 Å². The standard InChI is InChI=1S/C11H18N2.H2O4S/c1-4-13(5-2)11-7-6-10(12)8-9(11)3;1-5(2,3)4/h6-8H,4-5,12H2,1-3H3;(H2,1,2,3,4). The van der Waals surface area contributed by atoms with Crippen LogP contribution >= 0.6 is 0 Å². The van der Waals surface area contributed by atoms with Gasteiger partial charge in [-0.25, -0.2) is 0 Å². The molecule has 0 atom stereocenters. The van der Waals surface area contributed by atoms with E-state index in [1.54, 1.807) is 0 Å². The molecule has 4 N–H and O–H groups in total. The summed E-state index contributed by atoms with van der Waals surface area (Å²) in [7, 11) is -4.67. The Labute approximate surface area is 108 Å². The van der Waals surface area contributed by atoms with Gasteiger partial charge in [0.15, 0.2) is 0 Å². The topological polar surface area (TPSA) is 104 Å². The molecule has 0 bridgehead atoms. The number of rotatable bonds is 3. The van der Waals surface area contributed by atoms with Crippen LogP contribution in [0, 0.1) is 6.92 Å². The summed E-state index contributed by atoms with van der Waals surface area (Å²) in [4.78, 5) is 2.33. The van der Waals surface area contributed by atoms with E-state index in [0.29, 0.717) is 0 Å². The molecule has 0 fully saturated rings. The number of anilines is 2. The summed E-state index contributed by atoms with van der Waals surface area (Å²) in [6.45, 7) is 8.52. The second kappa shape index (κ2) is 7.20. The molecule has 0 saturated carbocycles. The molecule has 0 heterocycles. The number of nitrogen functional groups attached to an aromatic ring is 1. The summed E-state index contributed by atoms with van der Waals surface area (Å²) in [5.74, 6) is 0. The maximum atomic E-state index is 8.74. The predicted octanol–water partition coefficient (Wildman–Crippen LogP) is 1.77. The third kappa shape index (κ3) is 7.10. The van der Waals surface area contributed by atoms with Crippen molar-refractivity contribution in [2.24, 2.45) is 0 Å². The first kappa shape index (κ1) is 16.7. The third-order valence-electron chi connectivity index (χ3n) is 2.32. The lowest BCUT2D eigenvalue weighted by molar-refractivity contribution is 0.381. The van der Waals surface area contributed by atoms with Crippen LogP contribution in [0.4, 0.5) is 11.4 Å². The first-order valence-electron chi connectivity index (χ1n) is 5.50. The normalized spacial score (nSPS) is 10.5. The third-order valence-corrected chi connectivity index (χ3v) is 2.32. The van der Waals surface area contributed by atoms with Gasteiger partial charge < -0.3 is 10.6 Å². The summed E-state index contributed by atoms with van der Waals surface area (Å²) in [6.07, 6.45) is 0. The van der Waals surface area contributed by atoms with Crippen molar-refractivity contribution in [1.29, 1.82) is 0 Å². The van der Waals surface area contributed by atoms with E-state index < -0.39 is 10.4 Å². The fourth-order valence-electron chi connectivity index (χ4n) is 1.60. The first-order valence-corrected chi connectivity index (χ1v) is 6.89. The minimum atomic E-state index is -4.67. The molecule has 6 nitrogen and oxygen atoms in total. The largest absolute Gasteiger partial charge is 0.399 e. The molecule has 0 amide bonds. The summed E-state index contributed by atoms with van der Waals surface area (Å²) < 4.78 is 31.6. The average molecular weight is 276 g/mol. The summed E-state index contributed by atoms with van der Waals surface area (Å²) in [5.41, 5.74) is 9.08. The van der Waals surface area contributed by atoms with Crippen LogP contribution in [0.15, 0.2) is 18.2 Å². The minimum Gasteiger partial charge on any atom is -0.399 e. The van der Waals surface area contributed by atoms with Crippen molar-refractivity contribution in [3.8, 4) is 0 Å². The molecule has 0 unspecified atom stereocenters. The van der Waals surface area contributed by atoms with Gasteiger partial charge in [0.05, 0.1) is 0 Å². The highest BCUT2D eigenvalue weighted by Crippen LogP contribution is 2.21. The highest BCUT2D eigenvalue weighted by atomic mass is 32.3. The van der Waals surface area contributed by atoms with Crippen LogP contribution in [0.25, 0.3) is 0 Å². The Morgan fingerprint density at radius 1 is 1.22 bits per heavy atom. The molecule has 18 heavy (non-hydrogen) atoms. The van der Waals surface area contributed by atoms with Crippen LogP contribution < -0.4 is 10.6 Å². The molecule has 104 valence electrons. The molecule has 0 radical (unpaired) electrons. The lowest BCUT2D eigenvalue weighted by Gasteiger charge is -2.23. The Bertz CT molecular complexity index is 462. The van der Waals surface area contributed by atoms with Gasteiger partial charge in [-0.2, -0.15) is 8.42 Å². The van der Waals surface area contributed by atoms with E-state index in [0.717, 1.165) is 18.8 Å². The van der Waals surface area contributed by atoms with E-state index in [2.05, 4.69) is 31.7 Å². The van der Waals surface area contributed by atoms with Crippen molar-refractivity contribution < 1.29 is 17.5 Å². The molecule has 0 saturated heterocycles. The predicted molar refractivity (Wildman–Crippen MR) is 73.3 cm³/mol. The van der Waals surface area contributed by atoms with Gasteiger partial charge in [0.25, 0.3) is 0 Å². The van der Waals surface area contributed by atoms with Crippen molar-refractivity contribution in [2.75, 3.05) is 23.7 Å². The molecule has 1 rings (SSSR count). The quantitative estimate of drug-likeness (QED) is 0.574. The zero-order chi connectivity index (χ0) is 14.3. The number of aryl methyl sites for hydroxylation is 1. The van der Waals surface area contributed by atoms with Crippen LogP contribution in [0.1, 0.15) is 19.4 Å². The summed E-state index contributed by atoms with van der Waals surface area (Å²) in [6, 6.07) is 6.08. The molecular weight excluding hydrogens is 256 g/mol. The van der Waals surface area contributed by atoms with Gasteiger partial charge in [-0.1, -0.05) is 0 Å². The smallest absolute Gasteiger partial charge is 0.394 e. The van der Waals surface area contributed by atoms with Crippen LogP contribution in [-0.4, -0.2) is 30.6 Å². The van der Waals surface area contributed by atoms with E-state index in [1.807, 2.05) is 12.1 Å². The van der Waals surface area contributed by atoms with Crippen molar-refractivity contribution in [1.82, 2.24) is 0 Å². The van der Waals surface area contributed by atoms with Gasteiger partial charge in [0.1, 0.15) is 0 Å². The molecule has 7 heteroatoms. The molecule has 0 spiro atoms. The highest BCUT2D eigenvalue weighted by Gasteiger charge is 2.04. The van der Waals surface area contributed by atoms with E-state index >= 15 is 0 Å². The van der Waals surface area contributed by atoms with Gasteiger partial charge in [-0.05, 0) is 44.5 Å². The number of nitrogens with zero attached hydrogens (tertiary/aromatic N) is 1. The lowest BCUT2D eigenvalue weighted by atomic mass is 10.1. The molecule has 0 aromatic heterocycles. The Morgan fingerprint density at radius 2 is 1.67 bits per heavy atom. The zero-order valence-electron chi connectivity index (χ0n) is 10.8. The van der Waals surface area contributed by atoms with Crippen LogP contribution in [0.3, 0.4) is 0 Å². The number of hydrogen-bond acceptors (Lipinski definition) is 4. The van der Waals surface area contributed by atoms with Crippen LogP contribution in [-0.2, 0) is 10.4 Å². The summed E-state index contributed by atoms with van der Waals surface area (Å²) >= 11 is 0. The first-order chi connectivity index (χ1) is 8.19. The Hall–Kier alpha value is -1.31. The molecule has 1 aromatic carbocycles. The van der Waals surface area contributed by atoms with E-state index in [9.17, 15) is 0 Å². The van der Waals surface area contributed by atoms with Gasteiger partial charge >= 0.3 is 10.4 Å². The molecule has 0 aliphatic heterocycles. The van der Waals surface area contributed by atoms with Gasteiger partial charge in [-0.3, -0.25) is 9.11 Å². The van der Waals surface area contributed by atoms with Gasteiger partial charge in [0.2, 0.25) is 0 Å². The molecule has 0 aliphatic carbocycles. The summed E-state index contributed by atoms with van der Waals surface area (Å²) in [5, 5.41) is 0. The Balaban J connectivity index is 0.000000494. The highest BCUT2D eigenvalue weighted by molar-refractivity contribution is 7.79. The molecular formula is C11H20N2O4S. The van der Waals surface area contributed by atoms with Crippen LogP contribution in [0.2, 0.25) is 0 Å². The number of benzene rings is 1. The number of hydrogen-bond donors (Lipinski definition) is 3. The fourth-order valence-corrected chi connectivity index (χ4v) is 1.60. The monoisotopic (exact) mass is 276 g/mol. The lowest BCUT2D eigenvalue weighted by Crippen LogP contribution is -2.22. The van der Waals surface area contributed by atoms with Crippen molar-refractivity contribution >= 4 is 21.8 Å². The van der Waals surface area contributed by atoms with Gasteiger partial charge in [0, 0.05) is 24.5 Å². The van der Waals surface area contributed by atoms with Crippen molar-refractivity contribution in [3.05, 3.63) is 23.8 Å². The average Bonchev–Trinajstić information content (AvgIpc) is 2.20. The Morgan fingerprint density at radius 3 is 2.00 bits per heavy atom. The maximum Gasteiger partial charge on any atom is 0.394 e. The number of nitrogens with two attached hydrogens (primary N) is 1. The second-order valence-electron chi connectivity index (χ2n) is 3.67. The molecule has 0 aliphatic rings. The SMILES string of the molecule is CCN(CC)c1ccc(N)cc1C.O=S(=O)(O)O. The second-order valence-corrected chi connectivity index (χ2v) is 4.56.